The van der Waals surface area contributed by atoms with Gasteiger partial charge in [-0.1, -0.05) is 12.5 Å². The lowest BCUT2D eigenvalue weighted by Crippen LogP contribution is -2.68. The molecule has 1 aliphatic carbocycles. The largest absolute Gasteiger partial charge is 0.379 e. The summed E-state index contributed by atoms with van der Waals surface area (Å²) in [7, 11) is 0. The first kappa shape index (κ1) is 19.1. The quantitative estimate of drug-likeness (QED) is 0.457. The SMILES string of the molecule is C=CCSC1NC2NC3C(CCCC3NCCN3CCOCC3)CN2N1. The predicted octanol–water partition coefficient (Wildman–Crippen LogP) is -0.0551. The summed E-state index contributed by atoms with van der Waals surface area (Å²) in [6.45, 7) is 11.1. The smallest absolute Gasteiger partial charge is 0.129 e. The van der Waals surface area contributed by atoms with Crippen LogP contribution in [-0.2, 0) is 4.74 Å². The third kappa shape index (κ3) is 4.62. The van der Waals surface area contributed by atoms with Crippen molar-refractivity contribution in [3.63, 3.8) is 0 Å². The van der Waals surface area contributed by atoms with Crippen LogP contribution in [0.2, 0.25) is 0 Å². The normalized spacial score (nSPS) is 38.7. The lowest BCUT2D eigenvalue weighted by molar-refractivity contribution is 0.0174. The minimum absolute atomic E-state index is 0.236. The van der Waals surface area contributed by atoms with Crippen LogP contribution < -0.4 is 21.4 Å². The average Bonchev–Trinajstić information content (AvgIpc) is 3.07. The molecule has 4 rings (SSSR count). The van der Waals surface area contributed by atoms with Crippen molar-refractivity contribution in [2.45, 2.75) is 43.1 Å². The summed E-state index contributed by atoms with van der Waals surface area (Å²) >= 11 is 1.86. The number of ether oxygens (including phenoxy) is 1. The summed E-state index contributed by atoms with van der Waals surface area (Å²) in [5.74, 6) is 1.68. The van der Waals surface area contributed by atoms with Gasteiger partial charge >= 0.3 is 0 Å². The number of thioether (sulfide) groups is 1. The molecular weight excluding hydrogens is 348 g/mol. The van der Waals surface area contributed by atoms with Gasteiger partial charge in [0.2, 0.25) is 0 Å². The van der Waals surface area contributed by atoms with Crippen LogP contribution in [0.25, 0.3) is 0 Å². The van der Waals surface area contributed by atoms with Gasteiger partial charge in [-0.3, -0.25) is 15.5 Å². The van der Waals surface area contributed by atoms with E-state index in [9.17, 15) is 0 Å². The first-order valence-electron chi connectivity index (χ1n) is 10.1. The Morgan fingerprint density at radius 3 is 2.96 bits per heavy atom. The van der Waals surface area contributed by atoms with Crippen LogP contribution in [0.5, 0.6) is 0 Å². The fourth-order valence-electron chi connectivity index (χ4n) is 4.68. The van der Waals surface area contributed by atoms with Gasteiger partial charge in [0.05, 0.1) is 13.2 Å². The Bertz CT molecular complexity index is 463. The summed E-state index contributed by atoms with van der Waals surface area (Å²) in [5.41, 5.74) is 3.87. The zero-order valence-electron chi connectivity index (χ0n) is 15.7. The topological polar surface area (TPSA) is 63.8 Å². The van der Waals surface area contributed by atoms with Crippen LogP contribution in [-0.4, -0.2) is 85.5 Å². The van der Waals surface area contributed by atoms with Crippen molar-refractivity contribution in [3.8, 4) is 0 Å². The Kier molecular flexibility index (Phi) is 6.87. The van der Waals surface area contributed by atoms with E-state index in [0.29, 0.717) is 12.1 Å². The highest BCUT2D eigenvalue weighted by Crippen LogP contribution is 2.30. The van der Waals surface area contributed by atoms with Crippen molar-refractivity contribution in [2.24, 2.45) is 5.92 Å². The van der Waals surface area contributed by atoms with E-state index >= 15 is 0 Å². The van der Waals surface area contributed by atoms with E-state index < -0.39 is 0 Å². The van der Waals surface area contributed by atoms with Crippen molar-refractivity contribution in [3.05, 3.63) is 12.7 Å². The van der Waals surface area contributed by atoms with Gasteiger partial charge < -0.3 is 10.1 Å². The van der Waals surface area contributed by atoms with Crippen LogP contribution in [0.4, 0.5) is 0 Å². The maximum absolute atomic E-state index is 5.44. The maximum Gasteiger partial charge on any atom is 0.129 e. The number of nitrogens with zero attached hydrogens (tertiary/aromatic N) is 2. The number of hydrogen-bond donors (Lipinski definition) is 4. The molecule has 0 bridgehead atoms. The highest BCUT2D eigenvalue weighted by molar-refractivity contribution is 7.99. The molecule has 1 saturated carbocycles. The third-order valence-corrected chi connectivity index (χ3v) is 7.04. The maximum atomic E-state index is 5.44. The first-order chi connectivity index (χ1) is 12.8. The number of fused-ring (bicyclic) bond motifs is 2. The van der Waals surface area contributed by atoms with E-state index in [1.807, 2.05) is 17.8 Å². The molecular formula is C18H34N6OS. The van der Waals surface area contributed by atoms with Gasteiger partial charge in [0.1, 0.15) is 11.8 Å². The van der Waals surface area contributed by atoms with Crippen molar-refractivity contribution in [1.29, 1.82) is 0 Å². The molecule has 4 fully saturated rings. The van der Waals surface area contributed by atoms with E-state index in [4.69, 9.17) is 4.74 Å². The van der Waals surface area contributed by atoms with Crippen molar-refractivity contribution < 1.29 is 4.74 Å². The lowest BCUT2D eigenvalue weighted by Gasteiger charge is -2.47. The van der Waals surface area contributed by atoms with Crippen LogP contribution in [0, 0.1) is 5.92 Å². The minimum atomic E-state index is 0.236. The molecule has 4 N–H and O–H groups in total. The molecule has 0 amide bonds. The minimum Gasteiger partial charge on any atom is -0.379 e. The third-order valence-electron chi connectivity index (χ3n) is 6.04. The van der Waals surface area contributed by atoms with Crippen LogP contribution in [0.15, 0.2) is 12.7 Å². The van der Waals surface area contributed by atoms with E-state index in [1.165, 1.54) is 19.3 Å². The van der Waals surface area contributed by atoms with Crippen LogP contribution >= 0.6 is 11.8 Å². The Hall–Kier alpha value is -0.190. The summed E-state index contributed by atoms with van der Waals surface area (Å²) in [5, 5.41) is 13.8. The summed E-state index contributed by atoms with van der Waals surface area (Å²) in [4.78, 5) is 2.51. The molecule has 3 aliphatic heterocycles. The molecule has 3 saturated heterocycles. The number of hydrazine groups is 1. The Labute approximate surface area is 161 Å². The molecule has 26 heavy (non-hydrogen) atoms. The van der Waals surface area contributed by atoms with Gasteiger partial charge in [-0.05, 0) is 18.8 Å². The fourth-order valence-corrected chi connectivity index (χ4v) is 5.45. The Morgan fingerprint density at radius 2 is 2.12 bits per heavy atom. The van der Waals surface area contributed by atoms with Crippen LogP contribution in [0.1, 0.15) is 19.3 Å². The summed E-state index contributed by atoms with van der Waals surface area (Å²) < 4.78 is 5.44. The number of hydrogen-bond acceptors (Lipinski definition) is 8. The number of rotatable bonds is 7. The first-order valence-corrected chi connectivity index (χ1v) is 11.2. The molecule has 148 valence electrons. The van der Waals surface area contributed by atoms with Gasteiger partial charge in [0.25, 0.3) is 0 Å². The molecule has 5 unspecified atom stereocenters. The van der Waals surface area contributed by atoms with Gasteiger partial charge in [0.15, 0.2) is 0 Å². The second-order valence-electron chi connectivity index (χ2n) is 7.75. The zero-order valence-corrected chi connectivity index (χ0v) is 16.5. The second-order valence-corrected chi connectivity index (χ2v) is 8.89. The molecule has 0 aromatic carbocycles. The van der Waals surface area contributed by atoms with Crippen molar-refractivity contribution in [1.82, 2.24) is 31.3 Å². The van der Waals surface area contributed by atoms with Gasteiger partial charge in [-0.15, -0.1) is 18.3 Å². The Morgan fingerprint density at radius 1 is 1.23 bits per heavy atom. The zero-order chi connectivity index (χ0) is 17.8. The molecule has 4 aliphatic rings. The highest BCUT2D eigenvalue weighted by Gasteiger charge is 2.44. The van der Waals surface area contributed by atoms with Gasteiger partial charge in [0, 0.05) is 50.6 Å². The number of morpholine rings is 1. The Balaban J connectivity index is 1.26. The monoisotopic (exact) mass is 382 g/mol. The summed E-state index contributed by atoms with van der Waals surface area (Å²) in [6, 6.07) is 1.14. The van der Waals surface area contributed by atoms with Crippen molar-refractivity contribution >= 4 is 11.8 Å². The van der Waals surface area contributed by atoms with Crippen LogP contribution in [0.3, 0.4) is 0 Å². The predicted molar refractivity (Wildman–Crippen MR) is 107 cm³/mol. The molecule has 7 nitrogen and oxygen atoms in total. The molecule has 0 aromatic rings. The van der Waals surface area contributed by atoms with E-state index in [2.05, 4.69) is 37.9 Å². The molecule has 0 aromatic heterocycles. The van der Waals surface area contributed by atoms with Gasteiger partial charge in [-0.25, -0.2) is 10.4 Å². The number of nitrogens with one attached hydrogen (secondary N) is 4. The molecule has 0 spiro atoms. The summed E-state index contributed by atoms with van der Waals surface area (Å²) in [6.07, 6.45) is 6.15. The van der Waals surface area contributed by atoms with Gasteiger partial charge in [-0.2, -0.15) is 0 Å². The average molecular weight is 383 g/mol. The molecule has 3 heterocycles. The van der Waals surface area contributed by atoms with E-state index in [-0.39, 0.29) is 11.8 Å². The lowest BCUT2D eigenvalue weighted by atomic mass is 9.79. The molecule has 0 radical (unpaired) electrons. The van der Waals surface area contributed by atoms with E-state index in [0.717, 1.165) is 57.6 Å². The standard InChI is InChI=1S/C18H34N6OS/c1-2-12-26-18-21-17-20-16-14(13-24(17)22-18)4-3-5-15(16)19-6-7-23-8-10-25-11-9-23/h2,14-22H,1,3-13H2. The second kappa shape index (κ2) is 9.34. The van der Waals surface area contributed by atoms with E-state index in [1.54, 1.807) is 0 Å². The fraction of sp³-hybridized carbons (Fsp3) is 0.889. The van der Waals surface area contributed by atoms with Crippen molar-refractivity contribution in [2.75, 3.05) is 51.7 Å². The highest BCUT2D eigenvalue weighted by atomic mass is 32.2. The molecule has 8 heteroatoms. The molecule has 5 atom stereocenters.